The highest BCUT2D eigenvalue weighted by atomic mass is 15.0. The van der Waals surface area contributed by atoms with Gasteiger partial charge in [-0.15, -0.1) is 0 Å². The SMILES string of the molecule is c1ccc(-n2c3ccccc3c3ccc4c(c5cccc6c7cc8c9cccc%10c%11cc%12ccccc%12cc%11n(c8cc7n4c65)c%109)c32)cc1. The average Bonchev–Trinajstić information content (AvgIpc) is 3.93. The van der Waals surface area contributed by atoms with Crippen LogP contribution in [-0.2, 0) is 0 Å². The number of nitrogens with zero attached hydrogens (tertiary/aromatic N) is 3. The second-order valence-corrected chi connectivity index (χ2v) is 13.7. The number of fused-ring (bicyclic) bond motifs is 17. The topological polar surface area (TPSA) is 13.8 Å². The first-order valence-corrected chi connectivity index (χ1v) is 17.0. The maximum atomic E-state index is 2.54. The standard InChI is InChI=1S/C46H25N3/c1-2-12-28(13-3-1)47-38-19-7-6-14-29(38)33-20-21-39-43(46(33)47)34-18-9-17-32-37-24-36-31-16-8-15-30-35-22-26-10-4-5-11-27(26)23-40(35)49(44(30)31)42(36)25-41(37)48(39)45(32)34/h1-25H. The lowest BCUT2D eigenvalue weighted by atomic mass is 10.0. The summed E-state index contributed by atoms with van der Waals surface area (Å²) in [6.45, 7) is 0. The van der Waals surface area contributed by atoms with E-state index >= 15 is 0 Å². The maximum absolute atomic E-state index is 2.54. The summed E-state index contributed by atoms with van der Waals surface area (Å²) in [5, 5.41) is 15.6. The van der Waals surface area contributed by atoms with Crippen LogP contribution in [0.1, 0.15) is 0 Å². The molecule has 5 heterocycles. The van der Waals surface area contributed by atoms with Crippen molar-refractivity contribution in [2.75, 3.05) is 0 Å². The quantitative estimate of drug-likeness (QED) is 0.174. The predicted octanol–water partition coefficient (Wildman–Crippen LogP) is 12.2. The molecule has 224 valence electrons. The zero-order chi connectivity index (χ0) is 31.5. The Morgan fingerprint density at radius 2 is 0.837 bits per heavy atom. The molecule has 3 nitrogen and oxygen atoms in total. The molecule has 0 aliphatic rings. The predicted molar refractivity (Wildman–Crippen MR) is 208 cm³/mol. The zero-order valence-electron chi connectivity index (χ0n) is 26.3. The van der Waals surface area contributed by atoms with Crippen LogP contribution in [0, 0.1) is 0 Å². The number of para-hydroxylation sites is 4. The van der Waals surface area contributed by atoms with E-state index in [-0.39, 0.29) is 0 Å². The molecule has 0 bridgehead atoms. The van der Waals surface area contributed by atoms with Gasteiger partial charge < -0.3 is 13.4 Å². The van der Waals surface area contributed by atoms with Crippen molar-refractivity contribution in [1.29, 1.82) is 0 Å². The van der Waals surface area contributed by atoms with Gasteiger partial charge in [-0.05, 0) is 59.3 Å². The Balaban J connectivity index is 1.25. The summed E-state index contributed by atoms with van der Waals surface area (Å²) in [4.78, 5) is 0. The minimum Gasteiger partial charge on any atom is -0.309 e. The van der Waals surface area contributed by atoms with E-state index in [4.69, 9.17) is 0 Å². The Kier molecular flexibility index (Phi) is 4.15. The monoisotopic (exact) mass is 619 g/mol. The third-order valence-electron chi connectivity index (χ3n) is 11.4. The van der Waals surface area contributed by atoms with Crippen LogP contribution in [0.2, 0.25) is 0 Å². The van der Waals surface area contributed by atoms with Crippen LogP contribution in [-0.4, -0.2) is 13.4 Å². The Hall–Kier alpha value is -6.58. The van der Waals surface area contributed by atoms with E-state index < -0.39 is 0 Å². The van der Waals surface area contributed by atoms with Crippen molar-refractivity contribution in [1.82, 2.24) is 13.4 Å². The highest BCUT2D eigenvalue weighted by Gasteiger charge is 2.25. The van der Waals surface area contributed by atoms with E-state index in [1.54, 1.807) is 0 Å². The molecule has 0 unspecified atom stereocenters. The molecule has 13 aromatic rings. The minimum absolute atomic E-state index is 1.18. The first-order chi connectivity index (χ1) is 24.3. The summed E-state index contributed by atoms with van der Waals surface area (Å²) in [5.41, 5.74) is 11.3. The van der Waals surface area contributed by atoms with Crippen LogP contribution in [0.25, 0.3) is 114 Å². The van der Waals surface area contributed by atoms with Gasteiger partial charge in [-0.2, -0.15) is 0 Å². The Morgan fingerprint density at radius 1 is 0.286 bits per heavy atom. The van der Waals surface area contributed by atoms with E-state index in [0.717, 1.165) is 0 Å². The molecule has 3 heteroatoms. The van der Waals surface area contributed by atoms with Gasteiger partial charge in [-0.3, -0.25) is 0 Å². The van der Waals surface area contributed by atoms with Gasteiger partial charge in [0.15, 0.2) is 0 Å². The van der Waals surface area contributed by atoms with E-state index in [1.165, 1.54) is 114 Å². The third-order valence-corrected chi connectivity index (χ3v) is 11.4. The van der Waals surface area contributed by atoms with Gasteiger partial charge in [0, 0.05) is 59.5 Å². The van der Waals surface area contributed by atoms with Gasteiger partial charge in [0.1, 0.15) is 0 Å². The maximum Gasteiger partial charge on any atom is 0.0641 e. The molecule has 0 aliphatic heterocycles. The molecule has 0 aliphatic carbocycles. The number of aromatic nitrogens is 3. The third kappa shape index (κ3) is 2.77. The Morgan fingerprint density at radius 3 is 1.61 bits per heavy atom. The van der Waals surface area contributed by atoms with Crippen molar-refractivity contribution >= 4 is 109 Å². The zero-order valence-corrected chi connectivity index (χ0v) is 26.3. The molecule has 49 heavy (non-hydrogen) atoms. The summed E-state index contributed by atoms with van der Waals surface area (Å²) in [5.74, 6) is 0. The number of hydrogen-bond acceptors (Lipinski definition) is 0. The smallest absolute Gasteiger partial charge is 0.0641 e. The molecule has 0 saturated heterocycles. The molecule has 13 rings (SSSR count). The van der Waals surface area contributed by atoms with E-state index in [2.05, 4.69) is 165 Å². The lowest BCUT2D eigenvalue weighted by molar-refractivity contribution is 1.19. The molecule has 0 amide bonds. The van der Waals surface area contributed by atoms with Gasteiger partial charge in [0.05, 0.1) is 44.1 Å². The second-order valence-electron chi connectivity index (χ2n) is 13.7. The lowest BCUT2D eigenvalue weighted by Gasteiger charge is -2.09. The summed E-state index contributed by atoms with van der Waals surface area (Å²) < 4.78 is 7.54. The summed E-state index contributed by atoms with van der Waals surface area (Å²) >= 11 is 0. The largest absolute Gasteiger partial charge is 0.309 e. The minimum atomic E-state index is 1.18. The van der Waals surface area contributed by atoms with E-state index in [1.807, 2.05) is 0 Å². The van der Waals surface area contributed by atoms with Crippen LogP contribution in [0.5, 0.6) is 0 Å². The van der Waals surface area contributed by atoms with Crippen molar-refractivity contribution in [3.8, 4) is 5.69 Å². The highest BCUT2D eigenvalue weighted by molar-refractivity contribution is 6.33. The highest BCUT2D eigenvalue weighted by Crippen LogP contribution is 2.47. The summed E-state index contributed by atoms with van der Waals surface area (Å²) in [6.07, 6.45) is 0. The van der Waals surface area contributed by atoms with Gasteiger partial charge in [-0.25, -0.2) is 0 Å². The van der Waals surface area contributed by atoms with Gasteiger partial charge >= 0.3 is 0 Å². The van der Waals surface area contributed by atoms with Crippen molar-refractivity contribution in [3.63, 3.8) is 0 Å². The molecule has 0 atom stereocenters. The molecule has 0 spiro atoms. The fourth-order valence-corrected chi connectivity index (χ4v) is 9.52. The van der Waals surface area contributed by atoms with Crippen molar-refractivity contribution in [2.45, 2.75) is 0 Å². The van der Waals surface area contributed by atoms with Crippen molar-refractivity contribution in [2.24, 2.45) is 0 Å². The van der Waals surface area contributed by atoms with Crippen LogP contribution in [0.3, 0.4) is 0 Å². The second kappa shape index (κ2) is 8.28. The Labute approximate surface area is 278 Å². The molecule has 5 aromatic heterocycles. The molecular formula is C46H25N3. The van der Waals surface area contributed by atoms with Crippen molar-refractivity contribution in [3.05, 3.63) is 152 Å². The van der Waals surface area contributed by atoms with Crippen LogP contribution in [0.15, 0.2) is 152 Å². The molecule has 0 saturated carbocycles. The fraction of sp³-hybridized carbons (Fsp3) is 0. The molecular weight excluding hydrogens is 595 g/mol. The van der Waals surface area contributed by atoms with Crippen LogP contribution >= 0.6 is 0 Å². The number of benzene rings is 8. The number of rotatable bonds is 1. The van der Waals surface area contributed by atoms with Crippen LogP contribution < -0.4 is 0 Å². The molecule has 0 fully saturated rings. The normalized spacial score (nSPS) is 12.9. The average molecular weight is 620 g/mol. The van der Waals surface area contributed by atoms with Crippen LogP contribution in [0.4, 0.5) is 0 Å². The van der Waals surface area contributed by atoms with Crippen molar-refractivity contribution < 1.29 is 0 Å². The van der Waals surface area contributed by atoms with Gasteiger partial charge in [0.25, 0.3) is 0 Å². The first-order valence-electron chi connectivity index (χ1n) is 17.0. The Bertz CT molecular complexity index is 3540. The summed E-state index contributed by atoms with van der Waals surface area (Å²) in [7, 11) is 0. The van der Waals surface area contributed by atoms with E-state index in [9.17, 15) is 0 Å². The molecule has 0 radical (unpaired) electrons. The van der Waals surface area contributed by atoms with Gasteiger partial charge in [0.2, 0.25) is 0 Å². The lowest BCUT2D eigenvalue weighted by Crippen LogP contribution is -1.93. The van der Waals surface area contributed by atoms with E-state index in [0.29, 0.717) is 0 Å². The molecule has 8 aromatic carbocycles. The van der Waals surface area contributed by atoms with Gasteiger partial charge in [-0.1, -0.05) is 103 Å². The number of hydrogen-bond donors (Lipinski definition) is 0. The first kappa shape index (κ1) is 24.6. The summed E-state index contributed by atoms with van der Waals surface area (Å²) in [6, 6.07) is 56.5. The fourth-order valence-electron chi connectivity index (χ4n) is 9.52. The molecule has 0 N–H and O–H groups in total.